The maximum absolute atomic E-state index is 10.4. The molecule has 2 nitrogen and oxygen atoms in total. The lowest BCUT2D eigenvalue weighted by Crippen LogP contribution is -2.17. The highest BCUT2D eigenvalue weighted by molar-refractivity contribution is 7.79. The van der Waals surface area contributed by atoms with Crippen LogP contribution in [0.25, 0.3) is 0 Å². The second-order valence-corrected chi connectivity index (χ2v) is 5.09. The molecule has 0 aliphatic heterocycles. The van der Waals surface area contributed by atoms with Gasteiger partial charge in [-0.3, -0.25) is 0 Å². The normalized spacial score (nSPS) is 21.7. The molecule has 1 rings (SSSR count). The molecule has 0 amide bonds. The predicted molar refractivity (Wildman–Crippen MR) is 46.8 cm³/mol. The monoisotopic (exact) mass is 176 g/mol. The summed E-state index contributed by atoms with van der Waals surface area (Å²) >= 11 is -1.60. The molecule has 1 unspecified atom stereocenters. The van der Waals surface area contributed by atoms with Gasteiger partial charge in [0.15, 0.2) is 11.1 Å². The molecule has 1 aliphatic rings. The molecular weight excluding hydrogens is 160 g/mol. The lowest BCUT2D eigenvalue weighted by atomic mass is 9.85. The zero-order valence-corrected chi connectivity index (χ0v) is 7.99. The van der Waals surface area contributed by atoms with Crippen LogP contribution in [0.15, 0.2) is 0 Å². The van der Waals surface area contributed by atoms with Crippen LogP contribution >= 0.6 is 0 Å². The summed E-state index contributed by atoms with van der Waals surface area (Å²) in [6, 6.07) is 0. The van der Waals surface area contributed by atoms with Gasteiger partial charge in [-0.15, -0.1) is 0 Å². The van der Waals surface area contributed by atoms with Gasteiger partial charge in [0.05, 0.1) is 0 Å². The molecule has 1 N–H and O–H groups in total. The number of rotatable bonds is 4. The van der Waals surface area contributed by atoms with E-state index in [0.717, 1.165) is 12.3 Å². The van der Waals surface area contributed by atoms with E-state index in [9.17, 15) is 4.21 Å². The van der Waals surface area contributed by atoms with Gasteiger partial charge in [0.25, 0.3) is 0 Å². The van der Waals surface area contributed by atoms with Crippen LogP contribution < -0.4 is 0 Å². The van der Waals surface area contributed by atoms with E-state index < -0.39 is 11.1 Å². The third-order valence-electron chi connectivity index (χ3n) is 2.60. The molecule has 0 saturated heterocycles. The van der Waals surface area contributed by atoms with Crippen LogP contribution in [0.1, 0.15) is 33.1 Å². The summed E-state index contributed by atoms with van der Waals surface area (Å²) in [7, 11) is 0. The molecule has 0 radical (unpaired) electrons. The Labute approximate surface area is 70.7 Å². The quantitative estimate of drug-likeness (QED) is 0.665. The zero-order chi connectivity index (χ0) is 8.48. The van der Waals surface area contributed by atoms with E-state index in [1.54, 1.807) is 0 Å². The average molecular weight is 176 g/mol. The van der Waals surface area contributed by atoms with E-state index in [4.69, 9.17) is 4.55 Å². The van der Waals surface area contributed by atoms with Crippen molar-refractivity contribution in [1.29, 1.82) is 0 Å². The molecule has 66 valence electrons. The van der Waals surface area contributed by atoms with Crippen LogP contribution in [0.4, 0.5) is 0 Å². The van der Waals surface area contributed by atoms with E-state index in [2.05, 4.69) is 13.8 Å². The smallest absolute Gasteiger partial charge is 0.152 e. The van der Waals surface area contributed by atoms with Crippen molar-refractivity contribution in [2.75, 3.05) is 5.75 Å². The first kappa shape index (κ1) is 9.20. The Balaban J connectivity index is 2.27. The largest absolute Gasteiger partial charge is 0.306 e. The summed E-state index contributed by atoms with van der Waals surface area (Å²) in [6.07, 6.45) is 3.50. The Kier molecular flexibility index (Phi) is 2.70. The van der Waals surface area contributed by atoms with Crippen molar-refractivity contribution < 1.29 is 8.76 Å². The Morgan fingerprint density at radius 1 is 1.55 bits per heavy atom. The van der Waals surface area contributed by atoms with Crippen LogP contribution in [0, 0.1) is 11.3 Å². The van der Waals surface area contributed by atoms with E-state index >= 15 is 0 Å². The van der Waals surface area contributed by atoms with Gasteiger partial charge < -0.3 is 4.55 Å². The van der Waals surface area contributed by atoms with E-state index in [1.165, 1.54) is 12.8 Å². The second kappa shape index (κ2) is 3.23. The molecular formula is C8H16O2S. The van der Waals surface area contributed by atoms with Crippen molar-refractivity contribution in [1.82, 2.24) is 0 Å². The van der Waals surface area contributed by atoms with Crippen LogP contribution in [-0.4, -0.2) is 14.5 Å². The highest BCUT2D eigenvalue weighted by Gasteiger charge is 2.37. The summed E-state index contributed by atoms with van der Waals surface area (Å²) in [4.78, 5) is 0. The zero-order valence-electron chi connectivity index (χ0n) is 7.17. The first-order valence-corrected chi connectivity index (χ1v) is 5.37. The lowest BCUT2D eigenvalue weighted by molar-refractivity contribution is 0.297. The van der Waals surface area contributed by atoms with Crippen LogP contribution in [-0.2, 0) is 11.1 Å². The molecule has 0 aromatic heterocycles. The molecule has 3 heteroatoms. The fourth-order valence-corrected chi connectivity index (χ4v) is 2.12. The lowest BCUT2D eigenvalue weighted by Gasteiger charge is -2.22. The maximum atomic E-state index is 10.4. The van der Waals surface area contributed by atoms with Crippen molar-refractivity contribution in [3.05, 3.63) is 0 Å². The molecule has 0 aromatic rings. The van der Waals surface area contributed by atoms with Crippen molar-refractivity contribution >= 4 is 11.1 Å². The van der Waals surface area contributed by atoms with Gasteiger partial charge in [-0.25, -0.2) is 4.21 Å². The third kappa shape index (κ3) is 2.91. The third-order valence-corrected chi connectivity index (χ3v) is 3.16. The highest BCUT2D eigenvalue weighted by Crippen LogP contribution is 2.47. The van der Waals surface area contributed by atoms with Gasteiger partial charge >= 0.3 is 0 Å². The van der Waals surface area contributed by atoms with E-state index in [0.29, 0.717) is 11.2 Å². The van der Waals surface area contributed by atoms with Crippen molar-refractivity contribution in [3.63, 3.8) is 0 Å². The summed E-state index contributed by atoms with van der Waals surface area (Å²) in [5, 5.41) is 0. The Bertz CT molecular complexity index is 161. The van der Waals surface area contributed by atoms with Gasteiger partial charge in [-0.05, 0) is 30.6 Å². The van der Waals surface area contributed by atoms with Crippen LogP contribution in [0.5, 0.6) is 0 Å². The molecule has 0 bridgehead atoms. The molecule has 0 spiro atoms. The van der Waals surface area contributed by atoms with E-state index in [-0.39, 0.29) is 0 Å². The van der Waals surface area contributed by atoms with Crippen molar-refractivity contribution in [2.45, 2.75) is 33.1 Å². The molecule has 1 saturated carbocycles. The topological polar surface area (TPSA) is 37.3 Å². The van der Waals surface area contributed by atoms with Gasteiger partial charge in [-0.1, -0.05) is 13.8 Å². The molecule has 11 heavy (non-hydrogen) atoms. The van der Waals surface area contributed by atoms with Gasteiger partial charge in [0, 0.05) is 5.75 Å². The van der Waals surface area contributed by atoms with Gasteiger partial charge in [-0.2, -0.15) is 0 Å². The van der Waals surface area contributed by atoms with Gasteiger partial charge in [0.1, 0.15) is 0 Å². The highest BCUT2D eigenvalue weighted by atomic mass is 32.2. The minimum atomic E-state index is -1.60. The standard InChI is InChI=1S/C8H16O2S/c1-8(2,7-3-4-7)5-6-11(9)10/h7H,3-6H2,1-2H3,(H,9,10). The number of hydrogen-bond acceptors (Lipinski definition) is 1. The minimum Gasteiger partial charge on any atom is -0.306 e. The minimum absolute atomic E-state index is 0.290. The molecule has 1 atom stereocenters. The summed E-state index contributed by atoms with van der Waals surface area (Å²) in [5.74, 6) is 1.25. The fourth-order valence-electron chi connectivity index (χ4n) is 1.42. The Morgan fingerprint density at radius 3 is 2.45 bits per heavy atom. The fraction of sp³-hybridized carbons (Fsp3) is 1.00. The second-order valence-electron chi connectivity index (χ2n) is 4.04. The van der Waals surface area contributed by atoms with Crippen LogP contribution in [0.2, 0.25) is 0 Å². The molecule has 1 aliphatic carbocycles. The number of hydrogen-bond donors (Lipinski definition) is 1. The summed E-state index contributed by atoms with van der Waals surface area (Å²) in [5.41, 5.74) is 0.290. The predicted octanol–water partition coefficient (Wildman–Crippen LogP) is 2.03. The maximum Gasteiger partial charge on any atom is 0.152 e. The molecule has 0 heterocycles. The van der Waals surface area contributed by atoms with E-state index in [1.807, 2.05) is 0 Å². The average Bonchev–Trinajstić information content (AvgIpc) is 2.64. The van der Waals surface area contributed by atoms with Gasteiger partial charge in [0.2, 0.25) is 0 Å². The van der Waals surface area contributed by atoms with Crippen LogP contribution in [0.3, 0.4) is 0 Å². The molecule has 0 aromatic carbocycles. The Hall–Kier alpha value is 0.110. The van der Waals surface area contributed by atoms with Crippen molar-refractivity contribution in [3.8, 4) is 0 Å². The summed E-state index contributed by atoms with van der Waals surface area (Å²) < 4.78 is 19.0. The SMILES string of the molecule is CC(C)(CCS(=O)O)C1CC1. The first-order chi connectivity index (χ1) is 5.02. The first-order valence-electron chi connectivity index (χ1n) is 4.10. The Morgan fingerprint density at radius 2 is 2.09 bits per heavy atom. The summed E-state index contributed by atoms with van der Waals surface area (Å²) in [6.45, 7) is 4.38. The molecule has 1 fully saturated rings. The van der Waals surface area contributed by atoms with Crippen molar-refractivity contribution in [2.24, 2.45) is 11.3 Å².